The molecule has 2 N–H and O–H groups in total. The summed E-state index contributed by atoms with van der Waals surface area (Å²) >= 11 is 7.14. The minimum Gasteiger partial charge on any atom is -0.506 e. The number of piperazine rings is 1. The molecule has 0 bridgehead atoms. The summed E-state index contributed by atoms with van der Waals surface area (Å²) in [5.74, 6) is -0.0450. The highest BCUT2D eigenvalue weighted by atomic mass is 32.1. The van der Waals surface area contributed by atoms with Crippen LogP contribution in [0.2, 0.25) is 0 Å². The predicted molar refractivity (Wildman–Crippen MR) is 118 cm³/mol. The van der Waals surface area contributed by atoms with Crippen molar-refractivity contribution in [3.05, 3.63) is 40.3 Å². The van der Waals surface area contributed by atoms with Crippen LogP contribution in [0.5, 0.6) is 5.75 Å². The quantitative estimate of drug-likeness (QED) is 0.579. The summed E-state index contributed by atoms with van der Waals surface area (Å²) < 4.78 is 4.97. The molecule has 1 aliphatic rings. The summed E-state index contributed by atoms with van der Waals surface area (Å²) in [6.07, 6.45) is 0.764. The number of esters is 1. The minimum absolute atomic E-state index is 0.292. The van der Waals surface area contributed by atoms with Crippen molar-refractivity contribution >= 4 is 45.3 Å². The number of phenols is 1. The van der Waals surface area contributed by atoms with Crippen LogP contribution in [0.1, 0.15) is 27.7 Å². The van der Waals surface area contributed by atoms with Crippen LogP contribution in [-0.4, -0.2) is 54.4 Å². The second kappa shape index (κ2) is 8.79. The first-order valence-corrected chi connectivity index (χ1v) is 10.5. The lowest BCUT2D eigenvalue weighted by Gasteiger charge is -2.37. The average Bonchev–Trinajstić information content (AvgIpc) is 3.02. The number of carbonyl (C=O) groups excluding carboxylic acids is 1. The van der Waals surface area contributed by atoms with Gasteiger partial charge in [-0.2, -0.15) is 0 Å². The molecule has 150 valence electrons. The van der Waals surface area contributed by atoms with E-state index in [4.69, 9.17) is 17.0 Å². The largest absolute Gasteiger partial charge is 0.506 e. The topological polar surface area (TPSA) is 65.0 Å². The zero-order valence-electron chi connectivity index (χ0n) is 16.3. The van der Waals surface area contributed by atoms with E-state index in [0.29, 0.717) is 16.4 Å². The van der Waals surface area contributed by atoms with Gasteiger partial charge in [-0.1, -0.05) is 19.1 Å². The normalized spacial score (nSPS) is 14.1. The van der Waals surface area contributed by atoms with E-state index >= 15 is 0 Å². The summed E-state index contributed by atoms with van der Waals surface area (Å²) in [6, 6.07) is 7.37. The zero-order chi connectivity index (χ0) is 20.3. The Bertz CT molecular complexity index is 874. The van der Waals surface area contributed by atoms with E-state index in [9.17, 15) is 9.90 Å². The summed E-state index contributed by atoms with van der Waals surface area (Å²) in [5, 5.41) is 14.7. The molecule has 2 aromatic rings. The van der Waals surface area contributed by atoms with Gasteiger partial charge in [0.1, 0.15) is 10.8 Å². The number of anilines is 2. The number of hydrogen-bond acceptors (Lipinski definition) is 6. The first-order valence-electron chi connectivity index (χ1n) is 9.25. The van der Waals surface area contributed by atoms with E-state index in [1.54, 1.807) is 6.07 Å². The van der Waals surface area contributed by atoms with Crippen molar-refractivity contribution in [3.63, 3.8) is 0 Å². The molecule has 8 heteroatoms. The second-order valence-electron chi connectivity index (χ2n) is 6.58. The Kier molecular flexibility index (Phi) is 6.41. The Morgan fingerprint density at radius 1 is 1.29 bits per heavy atom. The fraction of sp³-hybridized carbons (Fsp3) is 0.400. The van der Waals surface area contributed by atoms with Gasteiger partial charge < -0.3 is 25.0 Å². The number of methoxy groups -OCH3 is 1. The van der Waals surface area contributed by atoms with Crippen LogP contribution in [0.25, 0.3) is 0 Å². The number of nitrogens with zero attached hydrogens (tertiary/aromatic N) is 2. The Morgan fingerprint density at radius 2 is 1.96 bits per heavy atom. The molecule has 0 unspecified atom stereocenters. The van der Waals surface area contributed by atoms with E-state index in [2.05, 4.69) is 15.1 Å². The van der Waals surface area contributed by atoms with Crippen LogP contribution < -0.4 is 10.2 Å². The van der Waals surface area contributed by atoms with Crippen LogP contribution in [0, 0.1) is 6.92 Å². The minimum atomic E-state index is -0.337. The summed E-state index contributed by atoms with van der Waals surface area (Å²) in [7, 11) is 1.40. The highest BCUT2D eigenvalue weighted by molar-refractivity contribution is 7.80. The maximum Gasteiger partial charge on any atom is 0.341 e. The van der Waals surface area contributed by atoms with Crippen LogP contribution in [0.15, 0.2) is 24.3 Å². The molecular weight excluding hydrogens is 394 g/mol. The third-order valence-corrected chi connectivity index (χ3v) is 6.38. The first-order chi connectivity index (χ1) is 13.5. The van der Waals surface area contributed by atoms with Gasteiger partial charge in [0.2, 0.25) is 0 Å². The zero-order valence-corrected chi connectivity index (χ0v) is 18.0. The predicted octanol–water partition coefficient (Wildman–Crippen LogP) is 3.63. The van der Waals surface area contributed by atoms with E-state index < -0.39 is 0 Å². The van der Waals surface area contributed by atoms with Crippen LogP contribution in [-0.2, 0) is 11.2 Å². The van der Waals surface area contributed by atoms with Crippen molar-refractivity contribution in [2.75, 3.05) is 43.5 Å². The lowest BCUT2D eigenvalue weighted by atomic mass is 10.1. The molecule has 3 rings (SSSR count). The molecule has 0 amide bonds. The van der Waals surface area contributed by atoms with Gasteiger partial charge in [-0.05, 0) is 43.3 Å². The van der Waals surface area contributed by atoms with Gasteiger partial charge in [0.15, 0.2) is 5.11 Å². The third-order valence-electron chi connectivity index (χ3n) is 4.96. The fourth-order valence-electron chi connectivity index (χ4n) is 3.47. The van der Waals surface area contributed by atoms with Gasteiger partial charge in [0.25, 0.3) is 0 Å². The molecular formula is C20H25N3O3S2. The molecule has 28 heavy (non-hydrogen) atoms. The van der Waals surface area contributed by atoms with E-state index in [-0.39, 0.29) is 5.97 Å². The maximum atomic E-state index is 12.3. The Hall–Kier alpha value is -2.32. The van der Waals surface area contributed by atoms with Crippen molar-refractivity contribution in [1.29, 1.82) is 0 Å². The van der Waals surface area contributed by atoms with E-state index in [0.717, 1.165) is 53.7 Å². The Morgan fingerprint density at radius 3 is 2.57 bits per heavy atom. The van der Waals surface area contributed by atoms with Gasteiger partial charge in [-0.15, -0.1) is 11.3 Å². The number of rotatable bonds is 4. The molecule has 1 aromatic carbocycles. The van der Waals surface area contributed by atoms with Crippen LogP contribution in [0.3, 0.4) is 0 Å². The van der Waals surface area contributed by atoms with Crippen molar-refractivity contribution in [1.82, 2.24) is 4.90 Å². The van der Waals surface area contributed by atoms with Gasteiger partial charge in [0, 0.05) is 31.1 Å². The van der Waals surface area contributed by atoms with Gasteiger partial charge >= 0.3 is 5.97 Å². The second-order valence-corrected chi connectivity index (χ2v) is 8.19. The SMILES string of the molecule is CCc1c(C)sc(NC(=S)N2CCN(c3ccccc3O)CC2)c1C(=O)OC. The number of carbonyl (C=O) groups is 1. The summed E-state index contributed by atoms with van der Waals surface area (Å²) in [5.41, 5.74) is 2.43. The number of thiocarbonyl (C=S) groups is 1. The average molecular weight is 420 g/mol. The van der Waals surface area contributed by atoms with Crippen LogP contribution in [0.4, 0.5) is 10.7 Å². The molecule has 0 radical (unpaired) electrons. The van der Waals surface area contributed by atoms with E-state index in [1.807, 2.05) is 32.0 Å². The number of hydrogen-bond donors (Lipinski definition) is 2. The van der Waals surface area contributed by atoms with Crippen molar-refractivity contribution in [2.24, 2.45) is 0 Å². The number of aromatic hydroxyl groups is 1. The molecule has 0 saturated carbocycles. The molecule has 1 fully saturated rings. The number of nitrogens with one attached hydrogen (secondary N) is 1. The number of ether oxygens (including phenoxy) is 1. The highest BCUT2D eigenvalue weighted by Gasteiger charge is 2.25. The standard InChI is InChI=1S/C20H25N3O3S2/c1-4-14-13(2)28-18(17(14)19(25)26-3)21-20(27)23-11-9-22(10-12-23)15-7-5-6-8-16(15)24/h5-8,24H,4,9-12H2,1-3H3,(H,21,27). The monoisotopic (exact) mass is 419 g/mol. The van der Waals surface area contributed by atoms with Crippen molar-refractivity contribution < 1.29 is 14.6 Å². The third kappa shape index (κ3) is 4.07. The number of phenolic OH excluding ortho intramolecular Hbond substituents is 1. The molecule has 0 spiro atoms. The summed E-state index contributed by atoms with van der Waals surface area (Å²) in [4.78, 5) is 17.6. The molecule has 6 nitrogen and oxygen atoms in total. The Labute approximate surface area is 174 Å². The van der Waals surface area contributed by atoms with E-state index in [1.165, 1.54) is 18.4 Å². The van der Waals surface area contributed by atoms with Crippen molar-refractivity contribution in [2.45, 2.75) is 20.3 Å². The van der Waals surface area contributed by atoms with Crippen molar-refractivity contribution in [3.8, 4) is 5.75 Å². The highest BCUT2D eigenvalue weighted by Crippen LogP contribution is 2.34. The molecule has 2 heterocycles. The lowest BCUT2D eigenvalue weighted by molar-refractivity contribution is 0.0601. The number of thiophene rings is 1. The van der Waals surface area contributed by atoms with Gasteiger partial charge in [-0.25, -0.2) is 4.79 Å². The Balaban J connectivity index is 1.68. The molecule has 1 aromatic heterocycles. The first kappa shape index (κ1) is 20.4. The fourth-order valence-corrected chi connectivity index (χ4v) is 4.95. The number of aryl methyl sites for hydroxylation is 1. The van der Waals surface area contributed by atoms with Gasteiger partial charge in [-0.3, -0.25) is 0 Å². The molecule has 1 saturated heterocycles. The number of benzene rings is 1. The maximum absolute atomic E-state index is 12.3. The van der Waals surface area contributed by atoms with Crippen LogP contribution >= 0.6 is 23.6 Å². The molecule has 1 aliphatic heterocycles. The lowest BCUT2D eigenvalue weighted by Crippen LogP contribution is -2.50. The molecule has 0 aliphatic carbocycles. The smallest absolute Gasteiger partial charge is 0.341 e. The molecule has 0 atom stereocenters. The van der Waals surface area contributed by atoms with Gasteiger partial charge in [0.05, 0.1) is 18.4 Å². The number of para-hydroxylation sites is 2. The summed E-state index contributed by atoms with van der Waals surface area (Å²) in [6.45, 7) is 7.02.